The highest BCUT2D eigenvalue weighted by Gasteiger charge is 2.20. The first-order chi connectivity index (χ1) is 11.2. The average molecular weight is 330 g/mol. The Kier molecular flexibility index (Phi) is 7.40. The number of unbranched alkanes of at least 4 members (excludes halogenated alkanes) is 1. The largest absolute Gasteiger partial charge is 0.373 e. The number of rotatable bonds is 8. The molecule has 0 aliphatic rings. The summed E-state index contributed by atoms with van der Waals surface area (Å²) in [6.45, 7) is 14.0. The Morgan fingerprint density at radius 1 is 1.38 bits per heavy atom. The maximum absolute atomic E-state index is 14.3. The van der Waals surface area contributed by atoms with Crippen molar-refractivity contribution in [3.63, 3.8) is 0 Å². The SMILES string of the molecule is C=C/C(=C\C(=C/C)C(C)(C)F)c1ccc(N(C)CCCC)c(C)n1. The molecule has 132 valence electrons. The van der Waals surface area contributed by atoms with Gasteiger partial charge in [-0.3, -0.25) is 4.98 Å². The molecule has 0 saturated carbocycles. The van der Waals surface area contributed by atoms with Crippen LogP contribution in [-0.4, -0.2) is 24.2 Å². The lowest BCUT2D eigenvalue weighted by atomic mass is 9.96. The summed E-state index contributed by atoms with van der Waals surface area (Å²) in [7, 11) is 2.09. The van der Waals surface area contributed by atoms with Crippen LogP contribution in [0.5, 0.6) is 0 Å². The highest BCUT2D eigenvalue weighted by molar-refractivity contribution is 5.75. The fourth-order valence-electron chi connectivity index (χ4n) is 2.64. The number of anilines is 1. The third kappa shape index (κ3) is 5.33. The first-order valence-corrected chi connectivity index (χ1v) is 8.63. The molecular weight excluding hydrogens is 299 g/mol. The van der Waals surface area contributed by atoms with Crippen LogP contribution in [0.1, 0.15) is 51.9 Å². The Balaban J connectivity index is 3.17. The molecule has 24 heavy (non-hydrogen) atoms. The van der Waals surface area contributed by atoms with Gasteiger partial charge in [-0.15, -0.1) is 0 Å². The summed E-state index contributed by atoms with van der Waals surface area (Å²) in [5.74, 6) is 0. The predicted molar refractivity (Wildman–Crippen MR) is 104 cm³/mol. The fraction of sp³-hybridized carbons (Fsp3) is 0.476. The molecule has 0 N–H and O–H groups in total. The summed E-state index contributed by atoms with van der Waals surface area (Å²) < 4.78 is 14.3. The van der Waals surface area contributed by atoms with Crippen LogP contribution in [0.15, 0.2) is 42.5 Å². The first kappa shape index (κ1) is 20.1. The quantitative estimate of drug-likeness (QED) is 0.552. The van der Waals surface area contributed by atoms with Crippen LogP contribution in [0.4, 0.5) is 10.1 Å². The van der Waals surface area contributed by atoms with Crippen LogP contribution in [0, 0.1) is 6.92 Å². The molecule has 0 radical (unpaired) electrons. The molecule has 0 saturated heterocycles. The molecule has 2 nitrogen and oxygen atoms in total. The molecule has 0 unspecified atom stereocenters. The lowest BCUT2D eigenvalue weighted by Crippen LogP contribution is -2.19. The van der Waals surface area contributed by atoms with Crippen LogP contribution in [0.25, 0.3) is 5.57 Å². The summed E-state index contributed by atoms with van der Waals surface area (Å²) in [4.78, 5) is 6.94. The summed E-state index contributed by atoms with van der Waals surface area (Å²) in [6, 6.07) is 4.07. The van der Waals surface area contributed by atoms with Crippen molar-refractivity contribution in [2.45, 2.75) is 53.1 Å². The zero-order valence-corrected chi connectivity index (χ0v) is 16.0. The molecule has 0 aromatic carbocycles. The normalized spacial score (nSPS) is 13.1. The molecule has 3 heteroatoms. The zero-order valence-electron chi connectivity index (χ0n) is 16.0. The van der Waals surface area contributed by atoms with E-state index in [9.17, 15) is 4.39 Å². The van der Waals surface area contributed by atoms with Gasteiger partial charge in [0, 0.05) is 13.6 Å². The minimum atomic E-state index is -1.39. The minimum Gasteiger partial charge on any atom is -0.373 e. The van der Waals surface area contributed by atoms with E-state index in [-0.39, 0.29) is 0 Å². The van der Waals surface area contributed by atoms with Gasteiger partial charge in [0.05, 0.1) is 17.1 Å². The van der Waals surface area contributed by atoms with E-state index < -0.39 is 5.67 Å². The zero-order chi connectivity index (χ0) is 18.3. The highest BCUT2D eigenvalue weighted by Crippen LogP contribution is 2.27. The maximum Gasteiger partial charge on any atom is 0.130 e. The molecular formula is C21H31FN2. The van der Waals surface area contributed by atoms with Crippen LogP contribution >= 0.6 is 0 Å². The van der Waals surface area contributed by atoms with Crippen molar-refractivity contribution in [1.29, 1.82) is 0 Å². The van der Waals surface area contributed by atoms with E-state index in [0.717, 1.165) is 35.6 Å². The molecule has 0 aliphatic heterocycles. The number of pyridine rings is 1. The molecule has 0 aliphatic carbocycles. The van der Waals surface area contributed by atoms with E-state index in [1.165, 1.54) is 6.42 Å². The summed E-state index contributed by atoms with van der Waals surface area (Å²) in [5.41, 5.74) is 2.99. The summed E-state index contributed by atoms with van der Waals surface area (Å²) in [6.07, 6.45) is 7.69. The Bertz CT molecular complexity index is 621. The van der Waals surface area contributed by atoms with E-state index in [4.69, 9.17) is 4.98 Å². The van der Waals surface area contributed by atoms with Gasteiger partial charge >= 0.3 is 0 Å². The minimum absolute atomic E-state index is 0.626. The average Bonchev–Trinajstić information content (AvgIpc) is 2.52. The number of hydrogen-bond acceptors (Lipinski definition) is 2. The number of nitrogens with zero attached hydrogens (tertiary/aromatic N) is 2. The van der Waals surface area contributed by atoms with E-state index >= 15 is 0 Å². The Hall–Kier alpha value is -1.90. The van der Waals surface area contributed by atoms with Gasteiger partial charge in [0.1, 0.15) is 5.67 Å². The maximum atomic E-state index is 14.3. The second kappa shape index (κ2) is 8.81. The Morgan fingerprint density at radius 3 is 2.50 bits per heavy atom. The Morgan fingerprint density at radius 2 is 2.04 bits per heavy atom. The van der Waals surface area contributed by atoms with Gasteiger partial charge < -0.3 is 4.90 Å². The topological polar surface area (TPSA) is 16.1 Å². The number of alkyl halides is 1. The lowest BCUT2D eigenvalue weighted by molar-refractivity contribution is 0.274. The molecule has 0 amide bonds. The number of hydrogen-bond donors (Lipinski definition) is 0. The van der Waals surface area contributed by atoms with Crippen molar-refractivity contribution in [3.8, 4) is 0 Å². The van der Waals surface area contributed by atoms with Crippen molar-refractivity contribution in [1.82, 2.24) is 4.98 Å². The van der Waals surface area contributed by atoms with Crippen LogP contribution in [0.3, 0.4) is 0 Å². The summed E-state index contributed by atoms with van der Waals surface area (Å²) >= 11 is 0. The van der Waals surface area contributed by atoms with E-state index in [1.54, 1.807) is 26.0 Å². The van der Waals surface area contributed by atoms with Crippen LogP contribution < -0.4 is 4.90 Å². The van der Waals surface area contributed by atoms with Crippen molar-refractivity contribution < 1.29 is 4.39 Å². The van der Waals surface area contributed by atoms with Gasteiger partial charge in [-0.1, -0.05) is 32.1 Å². The molecule has 1 aromatic heterocycles. The molecule has 0 fully saturated rings. The molecule has 1 heterocycles. The molecule has 0 bridgehead atoms. The van der Waals surface area contributed by atoms with E-state index in [2.05, 4.69) is 31.5 Å². The number of halogens is 1. The van der Waals surface area contributed by atoms with Gasteiger partial charge in [0.2, 0.25) is 0 Å². The molecule has 1 rings (SSSR count). The number of aromatic nitrogens is 1. The van der Waals surface area contributed by atoms with E-state index in [1.807, 2.05) is 26.0 Å². The highest BCUT2D eigenvalue weighted by atomic mass is 19.1. The third-order valence-electron chi connectivity index (χ3n) is 4.14. The second-order valence-electron chi connectivity index (χ2n) is 6.60. The third-order valence-corrected chi connectivity index (χ3v) is 4.14. The first-order valence-electron chi connectivity index (χ1n) is 8.63. The Labute approximate surface area is 146 Å². The van der Waals surface area contributed by atoms with Crippen molar-refractivity contribution in [2.75, 3.05) is 18.5 Å². The van der Waals surface area contributed by atoms with E-state index in [0.29, 0.717) is 5.57 Å². The standard InChI is InChI=1S/C21H31FN2/c1-8-11-14-24(7)20-13-12-19(23-16(20)4)17(9-2)15-18(10-3)21(5,6)22/h9-10,12-13,15H,2,8,11,14H2,1,3-7H3/b17-15+,18-10+. The molecule has 1 aromatic rings. The smallest absolute Gasteiger partial charge is 0.130 e. The van der Waals surface area contributed by atoms with Crippen LogP contribution in [0.2, 0.25) is 0 Å². The van der Waals surface area contributed by atoms with Gasteiger partial charge in [0.25, 0.3) is 0 Å². The fourth-order valence-corrected chi connectivity index (χ4v) is 2.64. The lowest BCUT2D eigenvalue weighted by Gasteiger charge is -2.21. The molecule has 0 atom stereocenters. The number of aryl methyl sites for hydroxylation is 1. The monoisotopic (exact) mass is 330 g/mol. The summed E-state index contributed by atoms with van der Waals surface area (Å²) in [5, 5.41) is 0. The van der Waals surface area contributed by atoms with Gasteiger partial charge in [0.15, 0.2) is 0 Å². The van der Waals surface area contributed by atoms with Crippen molar-refractivity contribution in [3.05, 3.63) is 53.9 Å². The van der Waals surface area contributed by atoms with Crippen molar-refractivity contribution in [2.24, 2.45) is 0 Å². The molecule has 0 spiro atoms. The van der Waals surface area contributed by atoms with Crippen LogP contribution in [-0.2, 0) is 0 Å². The number of allylic oxidation sites excluding steroid dienone is 5. The predicted octanol–water partition coefficient (Wildman–Crippen LogP) is 5.89. The van der Waals surface area contributed by atoms with Gasteiger partial charge in [-0.25, -0.2) is 4.39 Å². The van der Waals surface area contributed by atoms with Gasteiger partial charge in [-0.2, -0.15) is 0 Å². The van der Waals surface area contributed by atoms with Gasteiger partial charge in [-0.05, 0) is 63.5 Å². The van der Waals surface area contributed by atoms with Crippen molar-refractivity contribution >= 4 is 11.3 Å². The second-order valence-corrected chi connectivity index (χ2v) is 6.60.